The van der Waals surface area contributed by atoms with Crippen LogP contribution in [0.25, 0.3) is 0 Å². The summed E-state index contributed by atoms with van der Waals surface area (Å²) in [5.74, 6) is 1.78. The molecule has 0 amide bonds. The van der Waals surface area contributed by atoms with Crippen LogP contribution in [0.15, 0.2) is 64.5 Å². The van der Waals surface area contributed by atoms with Crippen molar-refractivity contribution in [1.82, 2.24) is 10.6 Å². The second-order valence-electron chi connectivity index (χ2n) is 5.21. The van der Waals surface area contributed by atoms with Crippen molar-refractivity contribution in [2.75, 3.05) is 18.8 Å². The molecule has 0 bridgehead atoms. The van der Waals surface area contributed by atoms with Gasteiger partial charge < -0.3 is 15.7 Å². The van der Waals surface area contributed by atoms with E-state index in [1.54, 1.807) is 0 Å². The maximum Gasteiger partial charge on any atom is 0.191 e. The summed E-state index contributed by atoms with van der Waals surface area (Å²) in [6.45, 7) is 4.31. The molecule has 0 unspecified atom stereocenters. The van der Waals surface area contributed by atoms with Crippen LogP contribution in [0.3, 0.4) is 0 Å². The molecule has 2 rings (SSSR count). The van der Waals surface area contributed by atoms with Crippen LogP contribution in [0.1, 0.15) is 18.1 Å². The minimum absolute atomic E-state index is 0. The zero-order valence-corrected chi connectivity index (χ0v) is 17.6. The topological polar surface area (TPSA) is 56.7 Å². The Morgan fingerprint density at radius 1 is 1.00 bits per heavy atom. The second kappa shape index (κ2) is 13.0. The highest BCUT2D eigenvalue weighted by atomic mass is 127. The second-order valence-corrected chi connectivity index (χ2v) is 6.38. The van der Waals surface area contributed by atoms with Crippen LogP contribution in [0, 0.1) is 0 Å². The summed E-state index contributed by atoms with van der Waals surface area (Å²) in [6.07, 6.45) is 0. The lowest BCUT2D eigenvalue weighted by molar-refractivity contribution is 0.280. The van der Waals surface area contributed by atoms with Gasteiger partial charge in [-0.3, -0.25) is 0 Å². The summed E-state index contributed by atoms with van der Waals surface area (Å²) in [6, 6.07) is 18.2. The lowest BCUT2D eigenvalue weighted by Crippen LogP contribution is -2.38. The zero-order valence-electron chi connectivity index (χ0n) is 14.4. The first kappa shape index (κ1) is 21.8. The number of nitrogens with one attached hydrogen (secondary N) is 2. The van der Waals surface area contributed by atoms with Gasteiger partial charge in [0, 0.05) is 23.7 Å². The fourth-order valence-electron chi connectivity index (χ4n) is 2.23. The van der Waals surface area contributed by atoms with Gasteiger partial charge >= 0.3 is 0 Å². The van der Waals surface area contributed by atoms with Crippen LogP contribution < -0.4 is 10.6 Å². The Bertz CT molecular complexity index is 638. The normalized spacial score (nSPS) is 10.9. The Kier molecular flexibility index (Phi) is 11.3. The number of nitrogens with zero attached hydrogens (tertiary/aromatic N) is 1. The summed E-state index contributed by atoms with van der Waals surface area (Å²) >= 11 is 1.82. The minimum Gasteiger partial charge on any atom is -0.392 e. The number of halogens is 1. The van der Waals surface area contributed by atoms with Crippen LogP contribution in [0.5, 0.6) is 0 Å². The number of aliphatic hydroxyl groups is 1. The van der Waals surface area contributed by atoms with E-state index in [0.717, 1.165) is 35.9 Å². The van der Waals surface area contributed by atoms with E-state index < -0.39 is 0 Å². The summed E-state index contributed by atoms with van der Waals surface area (Å²) in [5, 5.41) is 16.0. The Balaban J connectivity index is 0.00000312. The van der Waals surface area contributed by atoms with E-state index in [4.69, 9.17) is 0 Å². The van der Waals surface area contributed by atoms with E-state index in [0.29, 0.717) is 6.54 Å². The van der Waals surface area contributed by atoms with Crippen molar-refractivity contribution in [3.63, 3.8) is 0 Å². The fraction of sp³-hybridized carbons (Fsp3) is 0.316. The van der Waals surface area contributed by atoms with Gasteiger partial charge in [0.1, 0.15) is 0 Å². The molecular formula is C19H26IN3OS. The first-order valence-electron chi connectivity index (χ1n) is 8.21. The van der Waals surface area contributed by atoms with E-state index in [9.17, 15) is 5.11 Å². The molecule has 0 aromatic heterocycles. The van der Waals surface area contributed by atoms with Gasteiger partial charge in [0.05, 0.1) is 13.2 Å². The number of benzene rings is 2. The molecule has 2 aromatic rings. The highest BCUT2D eigenvalue weighted by Gasteiger charge is 2.01. The van der Waals surface area contributed by atoms with Gasteiger partial charge in [-0.15, -0.1) is 35.7 Å². The molecule has 2 aromatic carbocycles. The highest BCUT2D eigenvalue weighted by Crippen LogP contribution is 2.15. The van der Waals surface area contributed by atoms with Crippen molar-refractivity contribution in [2.45, 2.75) is 25.0 Å². The summed E-state index contributed by atoms with van der Waals surface area (Å²) in [7, 11) is 0. The molecule has 3 N–H and O–H groups in total. The SMILES string of the molecule is CCNC(=NCc1ccccc1CO)NCCSc1ccccc1.I. The predicted molar refractivity (Wildman–Crippen MR) is 118 cm³/mol. The van der Waals surface area contributed by atoms with Crippen molar-refractivity contribution in [3.05, 3.63) is 65.7 Å². The van der Waals surface area contributed by atoms with Crippen LogP contribution in [0.4, 0.5) is 0 Å². The zero-order chi connectivity index (χ0) is 17.0. The quantitative estimate of drug-likeness (QED) is 0.181. The molecule has 6 heteroatoms. The monoisotopic (exact) mass is 471 g/mol. The number of hydrogen-bond donors (Lipinski definition) is 3. The van der Waals surface area contributed by atoms with Gasteiger partial charge in [-0.25, -0.2) is 4.99 Å². The van der Waals surface area contributed by atoms with E-state index in [1.165, 1.54) is 4.90 Å². The van der Waals surface area contributed by atoms with Gasteiger partial charge in [0.15, 0.2) is 5.96 Å². The molecule has 0 radical (unpaired) electrons. The largest absolute Gasteiger partial charge is 0.392 e. The molecule has 0 saturated heterocycles. The third kappa shape index (κ3) is 8.11. The highest BCUT2D eigenvalue weighted by molar-refractivity contribution is 14.0. The van der Waals surface area contributed by atoms with Crippen molar-refractivity contribution in [2.24, 2.45) is 4.99 Å². The van der Waals surface area contributed by atoms with E-state index in [-0.39, 0.29) is 30.6 Å². The van der Waals surface area contributed by atoms with Crippen LogP contribution in [-0.2, 0) is 13.2 Å². The number of rotatable bonds is 8. The number of hydrogen-bond acceptors (Lipinski definition) is 3. The lowest BCUT2D eigenvalue weighted by atomic mass is 10.1. The van der Waals surface area contributed by atoms with E-state index in [2.05, 4.69) is 46.8 Å². The van der Waals surface area contributed by atoms with Gasteiger partial charge in [0.25, 0.3) is 0 Å². The van der Waals surface area contributed by atoms with Gasteiger partial charge in [-0.1, -0.05) is 42.5 Å². The lowest BCUT2D eigenvalue weighted by Gasteiger charge is -2.12. The average Bonchev–Trinajstić information content (AvgIpc) is 2.64. The molecule has 25 heavy (non-hydrogen) atoms. The molecule has 0 fully saturated rings. The Morgan fingerprint density at radius 3 is 2.36 bits per heavy atom. The molecule has 0 heterocycles. The molecule has 136 valence electrons. The summed E-state index contributed by atoms with van der Waals surface area (Å²) in [5.41, 5.74) is 1.98. The van der Waals surface area contributed by atoms with Gasteiger partial charge in [0.2, 0.25) is 0 Å². The van der Waals surface area contributed by atoms with Gasteiger partial charge in [-0.05, 0) is 30.2 Å². The number of aliphatic imine (C=N–C) groups is 1. The molecule has 0 aliphatic heterocycles. The minimum atomic E-state index is 0. The van der Waals surface area contributed by atoms with E-state index >= 15 is 0 Å². The summed E-state index contributed by atoms with van der Waals surface area (Å²) < 4.78 is 0. The maximum atomic E-state index is 9.39. The average molecular weight is 471 g/mol. The molecule has 0 aliphatic rings. The third-order valence-corrected chi connectivity index (χ3v) is 4.46. The van der Waals surface area contributed by atoms with Crippen molar-refractivity contribution >= 4 is 41.7 Å². The molecule has 0 atom stereocenters. The number of thioether (sulfide) groups is 1. The molecule has 0 spiro atoms. The standard InChI is InChI=1S/C19H25N3OS.HI/c1-2-20-19(21-12-13-24-18-10-4-3-5-11-18)22-14-16-8-6-7-9-17(16)15-23;/h3-11,23H,2,12-15H2,1H3,(H2,20,21,22);1H. The molecular weight excluding hydrogens is 445 g/mol. The van der Waals surface area contributed by atoms with Crippen LogP contribution >= 0.6 is 35.7 Å². The molecule has 0 saturated carbocycles. The maximum absolute atomic E-state index is 9.39. The van der Waals surface area contributed by atoms with Gasteiger partial charge in [-0.2, -0.15) is 0 Å². The smallest absolute Gasteiger partial charge is 0.191 e. The molecule has 0 aliphatic carbocycles. The Labute approximate surface area is 171 Å². The number of aliphatic hydroxyl groups excluding tert-OH is 1. The third-order valence-electron chi connectivity index (χ3n) is 3.45. The van der Waals surface area contributed by atoms with Crippen molar-refractivity contribution in [3.8, 4) is 0 Å². The molecule has 4 nitrogen and oxygen atoms in total. The van der Waals surface area contributed by atoms with Crippen LogP contribution in [-0.4, -0.2) is 29.9 Å². The number of guanidine groups is 1. The first-order valence-corrected chi connectivity index (χ1v) is 9.19. The van der Waals surface area contributed by atoms with Crippen LogP contribution in [0.2, 0.25) is 0 Å². The predicted octanol–water partition coefficient (Wildman–Crippen LogP) is 3.64. The fourth-order valence-corrected chi connectivity index (χ4v) is 3.02. The van der Waals surface area contributed by atoms with Crippen molar-refractivity contribution in [1.29, 1.82) is 0 Å². The van der Waals surface area contributed by atoms with E-state index in [1.807, 2.05) is 42.1 Å². The Hall–Kier alpha value is -1.25. The summed E-state index contributed by atoms with van der Waals surface area (Å²) in [4.78, 5) is 5.89. The Morgan fingerprint density at radius 2 is 1.68 bits per heavy atom. The van der Waals surface area contributed by atoms with Crippen molar-refractivity contribution < 1.29 is 5.11 Å². The first-order chi connectivity index (χ1) is 11.8.